The molecule has 2 heterocycles. The van der Waals surface area contributed by atoms with Crippen LogP contribution in [0.1, 0.15) is 21.7 Å². The fourth-order valence-corrected chi connectivity index (χ4v) is 1.38. The molecule has 0 unspecified atom stereocenters. The number of primary amides is 1. The van der Waals surface area contributed by atoms with Gasteiger partial charge in [-0.25, -0.2) is 0 Å². The number of carbonyl (C=O) groups excluding carboxylic acids is 1. The molecule has 5 heteroatoms. The maximum Gasteiger partial charge on any atom is 0.269 e. The zero-order valence-corrected chi connectivity index (χ0v) is 6.70. The summed E-state index contributed by atoms with van der Waals surface area (Å²) in [5.74, 6) is -0.489. The first-order chi connectivity index (χ1) is 5.70. The maximum absolute atomic E-state index is 10.9. The second kappa shape index (κ2) is 2.31. The molecule has 1 aliphatic rings. The molecule has 0 saturated carbocycles. The van der Waals surface area contributed by atoms with Gasteiger partial charge >= 0.3 is 0 Å². The summed E-state index contributed by atoms with van der Waals surface area (Å²) in [4.78, 5) is 10.9. The molecular formula is C7H9N3O2. The van der Waals surface area contributed by atoms with Gasteiger partial charge in [-0.1, -0.05) is 0 Å². The summed E-state index contributed by atoms with van der Waals surface area (Å²) < 4.78 is 6.80. The highest BCUT2D eigenvalue weighted by Crippen LogP contribution is 2.21. The monoisotopic (exact) mass is 167 g/mol. The average Bonchev–Trinajstić information content (AvgIpc) is 2.53. The van der Waals surface area contributed by atoms with Crippen LogP contribution in [-0.4, -0.2) is 15.7 Å². The third kappa shape index (κ3) is 0.831. The molecule has 0 saturated heterocycles. The Bertz CT molecular complexity index is 343. The molecule has 1 aliphatic heterocycles. The number of rotatable bonds is 1. The third-order valence-electron chi connectivity index (χ3n) is 1.99. The van der Waals surface area contributed by atoms with E-state index in [0.29, 0.717) is 18.9 Å². The molecular weight excluding hydrogens is 158 g/mol. The van der Waals surface area contributed by atoms with E-state index < -0.39 is 5.91 Å². The molecule has 2 N–H and O–H groups in total. The van der Waals surface area contributed by atoms with Crippen LogP contribution in [0.4, 0.5) is 0 Å². The summed E-state index contributed by atoms with van der Waals surface area (Å²) in [7, 11) is 1.78. The molecule has 5 nitrogen and oxygen atoms in total. The zero-order chi connectivity index (χ0) is 8.72. The van der Waals surface area contributed by atoms with E-state index in [0.717, 1.165) is 11.3 Å². The van der Waals surface area contributed by atoms with Gasteiger partial charge in [0.05, 0.1) is 18.9 Å². The van der Waals surface area contributed by atoms with Gasteiger partial charge in [-0.2, -0.15) is 5.10 Å². The lowest BCUT2D eigenvalue weighted by Gasteiger charge is -1.93. The number of amides is 1. The van der Waals surface area contributed by atoms with Crippen molar-refractivity contribution in [2.45, 2.75) is 13.2 Å². The summed E-state index contributed by atoms with van der Waals surface area (Å²) in [5, 5.41) is 3.99. The standard InChI is InChI=1S/C7H9N3O2/c1-10-5-3-12-2-4(5)6(9-10)7(8)11/h2-3H2,1H3,(H2,8,11). The Kier molecular flexibility index (Phi) is 1.41. The lowest BCUT2D eigenvalue weighted by Crippen LogP contribution is -2.14. The van der Waals surface area contributed by atoms with Crippen molar-refractivity contribution >= 4 is 5.91 Å². The van der Waals surface area contributed by atoms with Crippen LogP contribution < -0.4 is 5.73 Å². The van der Waals surface area contributed by atoms with Gasteiger partial charge in [0, 0.05) is 12.6 Å². The smallest absolute Gasteiger partial charge is 0.269 e. The van der Waals surface area contributed by atoms with Gasteiger partial charge in [0.2, 0.25) is 0 Å². The number of nitrogens with two attached hydrogens (primary N) is 1. The Labute approximate surface area is 69.1 Å². The molecule has 0 bridgehead atoms. The number of aryl methyl sites for hydroxylation is 1. The minimum atomic E-state index is -0.489. The molecule has 1 aromatic heterocycles. The number of carbonyl (C=O) groups is 1. The fourth-order valence-electron chi connectivity index (χ4n) is 1.38. The predicted molar refractivity (Wildman–Crippen MR) is 40.2 cm³/mol. The fraction of sp³-hybridized carbons (Fsp3) is 0.429. The first kappa shape index (κ1) is 7.30. The van der Waals surface area contributed by atoms with Crippen molar-refractivity contribution in [3.05, 3.63) is 17.0 Å². The van der Waals surface area contributed by atoms with Gasteiger partial charge < -0.3 is 10.5 Å². The van der Waals surface area contributed by atoms with E-state index in [2.05, 4.69) is 5.10 Å². The summed E-state index contributed by atoms with van der Waals surface area (Å²) in [6.07, 6.45) is 0. The van der Waals surface area contributed by atoms with Crippen molar-refractivity contribution in [2.75, 3.05) is 0 Å². The first-order valence-corrected chi connectivity index (χ1v) is 3.62. The van der Waals surface area contributed by atoms with E-state index in [1.165, 1.54) is 0 Å². The van der Waals surface area contributed by atoms with Gasteiger partial charge in [0.1, 0.15) is 0 Å². The van der Waals surface area contributed by atoms with Crippen LogP contribution >= 0.6 is 0 Å². The van der Waals surface area contributed by atoms with Crippen molar-refractivity contribution in [3.8, 4) is 0 Å². The molecule has 0 spiro atoms. The van der Waals surface area contributed by atoms with Gasteiger partial charge in [0.25, 0.3) is 5.91 Å². The highest BCUT2D eigenvalue weighted by atomic mass is 16.5. The first-order valence-electron chi connectivity index (χ1n) is 3.62. The molecule has 0 fully saturated rings. The molecule has 0 atom stereocenters. The third-order valence-corrected chi connectivity index (χ3v) is 1.99. The minimum absolute atomic E-state index is 0.338. The maximum atomic E-state index is 10.9. The van der Waals surface area contributed by atoms with Crippen LogP contribution in [0.25, 0.3) is 0 Å². The highest BCUT2D eigenvalue weighted by molar-refractivity contribution is 5.92. The van der Waals surface area contributed by atoms with E-state index >= 15 is 0 Å². The van der Waals surface area contributed by atoms with E-state index in [1.807, 2.05) is 0 Å². The van der Waals surface area contributed by atoms with Gasteiger partial charge in [-0.15, -0.1) is 0 Å². The normalized spacial score (nSPS) is 14.8. The molecule has 0 radical (unpaired) electrons. The van der Waals surface area contributed by atoms with Crippen LogP contribution in [0.3, 0.4) is 0 Å². The Balaban J connectivity index is 2.58. The van der Waals surface area contributed by atoms with Crippen molar-refractivity contribution in [2.24, 2.45) is 12.8 Å². The lowest BCUT2D eigenvalue weighted by molar-refractivity contribution is 0.0984. The van der Waals surface area contributed by atoms with Crippen molar-refractivity contribution < 1.29 is 9.53 Å². The van der Waals surface area contributed by atoms with E-state index in [1.54, 1.807) is 11.7 Å². The number of nitrogens with zero attached hydrogens (tertiary/aromatic N) is 2. The van der Waals surface area contributed by atoms with E-state index in [-0.39, 0.29) is 0 Å². The highest BCUT2D eigenvalue weighted by Gasteiger charge is 2.23. The zero-order valence-electron chi connectivity index (χ0n) is 6.70. The van der Waals surface area contributed by atoms with Gasteiger partial charge in [-0.3, -0.25) is 9.48 Å². The number of hydrogen-bond donors (Lipinski definition) is 1. The molecule has 64 valence electrons. The van der Waals surface area contributed by atoms with Crippen molar-refractivity contribution in [1.82, 2.24) is 9.78 Å². The van der Waals surface area contributed by atoms with Crippen molar-refractivity contribution in [1.29, 1.82) is 0 Å². The lowest BCUT2D eigenvalue weighted by atomic mass is 10.2. The number of aromatic nitrogens is 2. The van der Waals surface area contributed by atoms with Crippen LogP contribution in [0.2, 0.25) is 0 Å². The minimum Gasteiger partial charge on any atom is -0.370 e. The Morgan fingerprint density at radius 3 is 3.08 bits per heavy atom. The Hall–Kier alpha value is -1.36. The largest absolute Gasteiger partial charge is 0.370 e. The molecule has 12 heavy (non-hydrogen) atoms. The van der Waals surface area contributed by atoms with Crippen LogP contribution in [-0.2, 0) is 25.0 Å². The molecule has 1 aromatic rings. The van der Waals surface area contributed by atoms with E-state index in [4.69, 9.17) is 10.5 Å². The molecule has 1 amide bonds. The summed E-state index contributed by atoms with van der Waals surface area (Å²) in [6, 6.07) is 0. The number of hydrogen-bond acceptors (Lipinski definition) is 3. The predicted octanol–water partition coefficient (Wildman–Crippen LogP) is -0.451. The second-order valence-electron chi connectivity index (χ2n) is 2.75. The second-order valence-corrected chi connectivity index (χ2v) is 2.75. The molecule has 0 aliphatic carbocycles. The van der Waals surface area contributed by atoms with Crippen LogP contribution in [0.5, 0.6) is 0 Å². The quantitative estimate of drug-likeness (QED) is 0.615. The molecule has 0 aromatic carbocycles. The van der Waals surface area contributed by atoms with Crippen LogP contribution in [0, 0.1) is 0 Å². The topological polar surface area (TPSA) is 70.1 Å². The Morgan fingerprint density at radius 2 is 2.42 bits per heavy atom. The summed E-state index contributed by atoms with van der Waals surface area (Å²) in [5.41, 5.74) is 7.25. The number of ether oxygens (including phenoxy) is 1. The van der Waals surface area contributed by atoms with Crippen molar-refractivity contribution in [3.63, 3.8) is 0 Å². The summed E-state index contributed by atoms with van der Waals surface area (Å²) in [6.45, 7) is 0.966. The average molecular weight is 167 g/mol. The SMILES string of the molecule is Cn1nc(C(N)=O)c2c1COC2. The molecule has 2 rings (SSSR count). The van der Waals surface area contributed by atoms with Gasteiger partial charge in [-0.05, 0) is 0 Å². The Morgan fingerprint density at radius 1 is 1.67 bits per heavy atom. The summed E-state index contributed by atoms with van der Waals surface area (Å²) >= 11 is 0. The van der Waals surface area contributed by atoms with Gasteiger partial charge in [0.15, 0.2) is 5.69 Å². The van der Waals surface area contributed by atoms with Crippen LogP contribution in [0.15, 0.2) is 0 Å². The number of fused-ring (bicyclic) bond motifs is 1. The van der Waals surface area contributed by atoms with E-state index in [9.17, 15) is 4.79 Å².